The molecule has 0 saturated heterocycles. The molecule has 2 aromatic rings. The molecule has 1 N–H and O–H groups in total. The van der Waals surface area contributed by atoms with Crippen LogP contribution in [0.25, 0.3) is 0 Å². The quantitative estimate of drug-likeness (QED) is 0.929. The molecule has 3 rings (SSSR count). The van der Waals surface area contributed by atoms with Crippen molar-refractivity contribution in [3.05, 3.63) is 41.6 Å². The number of sulfonamides is 1. The number of likely N-dealkylation sites (N-methyl/N-ethyl adjacent to an activating group) is 1. The van der Waals surface area contributed by atoms with E-state index < -0.39 is 10.0 Å². The number of hydrogen-bond donors (Lipinski definition) is 1. The molecule has 0 atom stereocenters. The summed E-state index contributed by atoms with van der Waals surface area (Å²) in [7, 11) is -1.83. The highest BCUT2D eigenvalue weighted by atomic mass is 35.5. The van der Waals surface area contributed by atoms with Gasteiger partial charge in [0, 0.05) is 13.2 Å². The molecule has 0 amide bonds. The third kappa shape index (κ3) is 2.95. The molecule has 2 heterocycles. The second-order valence-corrected chi connectivity index (χ2v) is 6.99. The minimum Gasteiger partial charge on any atom is -0.490 e. The van der Waals surface area contributed by atoms with Crippen molar-refractivity contribution in [3.8, 4) is 5.75 Å². The van der Waals surface area contributed by atoms with Crippen molar-refractivity contribution < 1.29 is 13.2 Å². The molecule has 0 radical (unpaired) electrons. The summed E-state index contributed by atoms with van der Waals surface area (Å²) in [6.07, 6.45) is 1.38. The number of anilines is 2. The van der Waals surface area contributed by atoms with Gasteiger partial charge in [0.1, 0.15) is 18.2 Å². The SMILES string of the molecule is CN1CCOc2ccc(S(=O)(=O)Nc3ccc(Cl)cn3)cc21. The second kappa shape index (κ2) is 5.66. The molecule has 1 aromatic carbocycles. The maximum absolute atomic E-state index is 12.4. The number of ether oxygens (including phenoxy) is 1. The minimum atomic E-state index is -3.72. The molecule has 116 valence electrons. The van der Waals surface area contributed by atoms with Crippen LogP contribution in [0.15, 0.2) is 41.4 Å². The Bertz CT molecular complexity index is 793. The van der Waals surface area contributed by atoms with Gasteiger partial charge in [0.25, 0.3) is 10.0 Å². The monoisotopic (exact) mass is 339 g/mol. The summed E-state index contributed by atoms with van der Waals surface area (Å²) in [6.45, 7) is 1.30. The van der Waals surface area contributed by atoms with E-state index in [-0.39, 0.29) is 10.7 Å². The molecule has 1 aromatic heterocycles. The summed E-state index contributed by atoms with van der Waals surface area (Å²) in [5.41, 5.74) is 0.748. The number of nitrogens with zero attached hydrogens (tertiary/aromatic N) is 2. The molecule has 0 saturated carbocycles. The molecule has 0 spiro atoms. The normalized spacial score (nSPS) is 14.2. The highest BCUT2D eigenvalue weighted by molar-refractivity contribution is 7.92. The van der Waals surface area contributed by atoms with E-state index in [0.29, 0.717) is 23.9 Å². The molecular formula is C14H14ClN3O3S. The van der Waals surface area contributed by atoms with Crippen LogP contribution in [0.4, 0.5) is 11.5 Å². The van der Waals surface area contributed by atoms with Gasteiger partial charge in [-0.1, -0.05) is 11.6 Å². The first-order valence-electron chi connectivity index (χ1n) is 6.58. The molecule has 1 aliphatic rings. The van der Waals surface area contributed by atoms with Gasteiger partial charge in [0.05, 0.1) is 22.2 Å². The standard InChI is InChI=1S/C14H14ClN3O3S/c1-18-6-7-21-13-4-3-11(8-12(13)18)22(19,20)17-14-5-2-10(15)9-16-14/h2-5,8-9H,6-7H2,1H3,(H,16,17). The van der Waals surface area contributed by atoms with Gasteiger partial charge in [-0.3, -0.25) is 4.72 Å². The van der Waals surface area contributed by atoms with E-state index >= 15 is 0 Å². The van der Waals surface area contributed by atoms with E-state index in [1.165, 1.54) is 18.3 Å². The number of rotatable bonds is 3. The minimum absolute atomic E-state index is 0.153. The average Bonchev–Trinajstić information content (AvgIpc) is 2.49. The molecular weight excluding hydrogens is 326 g/mol. The zero-order valence-corrected chi connectivity index (χ0v) is 13.4. The van der Waals surface area contributed by atoms with E-state index in [1.807, 2.05) is 11.9 Å². The largest absolute Gasteiger partial charge is 0.490 e. The fourth-order valence-electron chi connectivity index (χ4n) is 2.13. The fourth-order valence-corrected chi connectivity index (χ4v) is 3.27. The van der Waals surface area contributed by atoms with Crippen LogP contribution in [0.2, 0.25) is 5.02 Å². The lowest BCUT2D eigenvalue weighted by atomic mass is 10.2. The van der Waals surface area contributed by atoms with Crippen LogP contribution >= 0.6 is 11.6 Å². The number of hydrogen-bond acceptors (Lipinski definition) is 5. The third-order valence-corrected chi connectivity index (χ3v) is 4.88. The van der Waals surface area contributed by atoms with Gasteiger partial charge in [-0.25, -0.2) is 13.4 Å². The van der Waals surface area contributed by atoms with Crippen molar-refractivity contribution in [3.63, 3.8) is 0 Å². The van der Waals surface area contributed by atoms with Crippen LogP contribution in [0.3, 0.4) is 0 Å². The van der Waals surface area contributed by atoms with Gasteiger partial charge in [0.15, 0.2) is 0 Å². The van der Waals surface area contributed by atoms with Crippen LogP contribution in [0.1, 0.15) is 0 Å². The van der Waals surface area contributed by atoms with E-state index in [2.05, 4.69) is 9.71 Å². The Morgan fingerprint density at radius 3 is 2.86 bits per heavy atom. The molecule has 0 aliphatic carbocycles. The zero-order valence-electron chi connectivity index (χ0n) is 11.8. The van der Waals surface area contributed by atoms with Crippen LogP contribution in [0, 0.1) is 0 Å². The lowest BCUT2D eigenvalue weighted by Crippen LogP contribution is -2.29. The van der Waals surface area contributed by atoms with Crippen molar-refractivity contribution >= 4 is 33.1 Å². The Labute approximate surface area is 133 Å². The summed E-state index contributed by atoms with van der Waals surface area (Å²) in [4.78, 5) is 6.04. The van der Waals surface area contributed by atoms with E-state index in [1.54, 1.807) is 18.2 Å². The van der Waals surface area contributed by atoms with Gasteiger partial charge < -0.3 is 9.64 Å². The molecule has 0 bridgehead atoms. The number of fused-ring (bicyclic) bond motifs is 1. The van der Waals surface area contributed by atoms with Crippen LogP contribution < -0.4 is 14.4 Å². The number of benzene rings is 1. The lowest BCUT2D eigenvalue weighted by Gasteiger charge is -2.28. The summed E-state index contributed by atoms with van der Waals surface area (Å²) in [5, 5.41) is 0.440. The van der Waals surface area contributed by atoms with E-state index in [9.17, 15) is 8.42 Å². The predicted molar refractivity (Wildman–Crippen MR) is 85.3 cm³/mol. The predicted octanol–water partition coefficient (Wildman–Crippen LogP) is 2.36. The highest BCUT2D eigenvalue weighted by Gasteiger charge is 2.21. The number of aromatic nitrogens is 1. The van der Waals surface area contributed by atoms with Gasteiger partial charge in [-0.05, 0) is 30.3 Å². The first-order chi connectivity index (χ1) is 10.5. The molecule has 8 heteroatoms. The molecule has 1 aliphatic heterocycles. The Hall–Kier alpha value is -1.99. The molecule has 6 nitrogen and oxygen atoms in total. The summed E-state index contributed by atoms with van der Waals surface area (Å²) in [6, 6.07) is 7.84. The topological polar surface area (TPSA) is 71.5 Å². The average molecular weight is 340 g/mol. The summed E-state index contributed by atoms with van der Waals surface area (Å²) in [5.74, 6) is 0.893. The smallest absolute Gasteiger partial charge is 0.263 e. The Balaban J connectivity index is 1.92. The van der Waals surface area contributed by atoms with Gasteiger partial charge in [-0.15, -0.1) is 0 Å². The van der Waals surface area contributed by atoms with Gasteiger partial charge >= 0.3 is 0 Å². The maximum Gasteiger partial charge on any atom is 0.263 e. The zero-order chi connectivity index (χ0) is 15.7. The number of pyridine rings is 1. The third-order valence-electron chi connectivity index (χ3n) is 3.30. The number of halogens is 1. The van der Waals surface area contributed by atoms with Gasteiger partial charge in [-0.2, -0.15) is 0 Å². The summed E-state index contributed by atoms with van der Waals surface area (Å²) < 4.78 is 32.8. The van der Waals surface area contributed by atoms with Crippen LogP contribution in [0.5, 0.6) is 5.75 Å². The highest BCUT2D eigenvalue weighted by Crippen LogP contribution is 2.33. The summed E-state index contributed by atoms with van der Waals surface area (Å²) >= 11 is 5.74. The molecule has 22 heavy (non-hydrogen) atoms. The first-order valence-corrected chi connectivity index (χ1v) is 8.44. The maximum atomic E-state index is 12.4. The van der Waals surface area contributed by atoms with Crippen molar-refractivity contribution in [1.29, 1.82) is 0 Å². The van der Waals surface area contributed by atoms with E-state index in [0.717, 1.165) is 5.69 Å². The second-order valence-electron chi connectivity index (χ2n) is 4.87. The fraction of sp³-hybridized carbons (Fsp3) is 0.214. The van der Waals surface area contributed by atoms with Crippen molar-refractivity contribution in [1.82, 2.24) is 4.98 Å². The van der Waals surface area contributed by atoms with Crippen molar-refractivity contribution in [2.45, 2.75) is 4.90 Å². The van der Waals surface area contributed by atoms with E-state index in [4.69, 9.17) is 16.3 Å². The van der Waals surface area contributed by atoms with Gasteiger partial charge in [0.2, 0.25) is 0 Å². The Kier molecular flexibility index (Phi) is 3.84. The Morgan fingerprint density at radius 1 is 1.32 bits per heavy atom. The Morgan fingerprint density at radius 2 is 2.14 bits per heavy atom. The van der Waals surface area contributed by atoms with Crippen molar-refractivity contribution in [2.75, 3.05) is 29.8 Å². The first kappa shape index (κ1) is 14.9. The number of nitrogens with one attached hydrogen (secondary N) is 1. The van der Waals surface area contributed by atoms with Crippen molar-refractivity contribution in [2.24, 2.45) is 0 Å². The lowest BCUT2D eigenvalue weighted by molar-refractivity contribution is 0.311. The van der Waals surface area contributed by atoms with Crippen LogP contribution in [-0.4, -0.2) is 33.6 Å². The van der Waals surface area contributed by atoms with Crippen LogP contribution in [-0.2, 0) is 10.0 Å². The molecule has 0 fully saturated rings. The molecule has 0 unspecified atom stereocenters.